The van der Waals surface area contributed by atoms with Gasteiger partial charge >= 0.3 is 6.03 Å². The molecular formula is C20H18N4O3. The summed E-state index contributed by atoms with van der Waals surface area (Å²) >= 11 is 0. The first-order valence-corrected chi connectivity index (χ1v) is 8.25. The molecule has 0 saturated heterocycles. The molecule has 0 saturated carbocycles. The Morgan fingerprint density at radius 1 is 1.15 bits per heavy atom. The number of hydrogen-bond donors (Lipinski definition) is 3. The van der Waals surface area contributed by atoms with E-state index in [1.165, 1.54) is 0 Å². The van der Waals surface area contributed by atoms with Gasteiger partial charge in [-0.15, -0.1) is 0 Å². The summed E-state index contributed by atoms with van der Waals surface area (Å²) < 4.78 is 5.11. The van der Waals surface area contributed by atoms with E-state index < -0.39 is 6.04 Å². The SMILES string of the molecule is COc1ccc(NC(=O)C2=C(C)NC(=O)N[C@H]2c2ccc(C#N)cc2)cc1. The van der Waals surface area contributed by atoms with Crippen molar-refractivity contribution in [2.24, 2.45) is 0 Å². The van der Waals surface area contributed by atoms with Crippen LogP contribution in [0.15, 0.2) is 59.8 Å². The number of rotatable bonds is 4. The van der Waals surface area contributed by atoms with Crippen LogP contribution in [0, 0.1) is 11.3 Å². The first-order valence-electron chi connectivity index (χ1n) is 8.25. The molecule has 1 heterocycles. The minimum atomic E-state index is -0.621. The minimum Gasteiger partial charge on any atom is -0.497 e. The number of nitrogens with one attached hydrogen (secondary N) is 3. The molecule has 1 aliphatic heterocycles. The van der Waals surface area contributed by atoms with Crippen LogP contribution in [0.1, 0.15) is 24.1 Å². The summed E-state index contributed by atoms with van der Waals surface area (Å²) in [5.41, 5.74) is 2.69. The number of benzene rings is 2. The highest BCUT2D eigenvalue weighted by Crippen LogP contribution is 2.28. The number of carbonyl (C=O) groups excluding carboxylic acids is 2. The Kier molecular flexibility index (Phi) is 5.08. The zero-order valence-corrected chi connectivity index (χ0v) is 14.9. The number of ether oxygens (including phenoxy) is 1. The van der Waals surface area contributed by atoms with Crippen LogP contribution in [-0.4, -0.2) is 19.0 Å². The van der Waals surface area contributed by atoms with Gasteiger partial charge in [0.2, 0.25) is 0 Å². The Morgan fingerprint density at radius 2 is 1.81 bits per heavy atom. The molecule has 1 atom stereocenters. The van der Waals surface area contributed by atoms with Crippen LogP contribution in [0.5, 0.6) is 5.75 Å². The minimum absolute atomic E-state index is 0.334. The highest BCUT2D eigenvalue weighted by molar-refractivity contribution is 6.06. The maximum atomic E-state index is 12.9. The summed E-state index contributed by atoms with van der Waals surface area (Å²) in [6, 6.07) is 14.8. The van der Waals surface area contributed by atoms with Gasteiger partial charge in [0.05, 0.1) is 30.4 Å². The fraction of sp³-hybridized carbons (Fsp3) is 0.150. The Bertz CT molecular complexity index is 941. The van der Waals surface area contributed by atoms with E-state index in [9.17, 15) is 9.59 Å². The van der Waals surface area contributed by atoms with Gasteiger partial charge < -0.3 is 20.7 Å². The summed E-state index contributed by atoms with van der Waals surface area (Å²) in [4.78, 5) is 24.8. The van der Waals surface area contributed by atoms with Crippen LogP contribution in [0.3, 0.4) is 0 Å². The van der Waals surface area contributed by atoms with Crippen molar-refractivity contribution >= 4 is 17.6 Å². The topological polar surface area (TPSA) is 103 Å². The van der Waals surface area contributed by atoms with Crippen molar-refractivity contribution < 1.29 is 14.3 Å². The summed E-state index contributed by atoms with van der Waals surface area (Å²) in [7, 11) is 1.57. The molecule has 0 bridgehead atoms. The average Bonchev–Trinajstić information content (AvgIpc) is 2.68. The molecule has 7 heteroatoms. The summed E-state index contributed by atoms with van der Waals surface area (Å²) in [6.45, 7) is 1.68. The van der Waals surface area contributed by atoms with Crippen LogP contribution in [0.2, 0.25) is 0 Å². The number of allylic oxidation sites excluding steroid dienone is 1. The number of hydrogen-bond acceptors (Lipinski definition) is 4. The van der Waals surface area contributed by atoms with Gasteiger partial charge in [-0.1, -0.05) is 12.1 Å². The largest absolute Gasteiger partial charge is 0.497 e. The molecule has 3 amide bonds. The van der Waals surface area contributed by atoms with Crippen molar-refractivity contribution in [1.29, 1.82) is 5.26 Å². The van der Waals surface area contributed by atoms with Gasteiger partial charge in [0, 0.05) is 11.4 Å². The van der Waals surface area contributed by atoms with Crippen molar-refractivity contribution in [3.8, 4) is 11.8 Å². The molecule has 0 radical (unpaired) electrons. The third-order valence-electron chi connectivity index (χ3n) is 4.23. The highest BCUT2D eigenvalue weighted by atomic mass is 16.5. The van der Waals surface area contributed by atoms with Crippen molar-refractivity contribution in [3.63, 3.8) is 0 Å². The van der Waals surface area contributed by atoms with Gasteiger partial charge in [-0.05, 0) is 48.9 Å². The first-order chi connectivity index (χ1) is 13.0. The fourth-order valence-electron chi connectivity index (χ4n) is 2.87. The normalized spacial score (nSPS) is 16.0. The second kappa shape index (κ2) is 7.62. The fourth-order valence-corrected chi connectivity index (χ4v) is 2.87. The van der Waals surface area contributed by atoms with E-state index in [1.54, 1.807) is 62.6 Å². The monoisotopic (exact) mass is 362 g/mol. The third-order valence-corrected chi connectivity index (χ3v) is 4.23. The number of amides is 3. The Hall–Kier alpha value is -3.79. The maximum absolute atomic E-state index is 12.9. The van der Waals surface area contributed by atoms with Crippen LogP contribution in [0.4, 0.5) is 10.5 Å². The van der Waals surface area contributed by atoms with Gasteiger partial charge in [0.15, 0.2) is 0 Å². The van der Waals surface area contributed by atoms with Gasteiger partial charge in [0.25, 0.3) is 5.91 Å². The summed E-state index contributed by atoms with van der Waals surface area (Å²) in [5.74, 6) is 0.352. The predicted molar refractivity (Wildman–Crippen MR) is 99.9 cm³/mol. The summed E-state index contributed by atoms with van der Waals surface area (Å²) in [6.07, 6.45) is 0. The van der Waals surface area contributed by atoms with Gasteiger partial charge in [-0.25, -0.2) is 4.79 Å². The molecule has 0 fully saturated rings. The van der Waals surface area contributed by atoms with Crippen molar-refractivity contribution in [2.75, 3.05) is 12.4 Å². The van der Waals surface area contributed by atoms with Crippen LogP contribution >= 0.6 is 0 Å². The van der Waals surface area contributed by atoms with E-state index in [4.69, 9.17) is 10.00 Å². The molecular weight excluding hydrogens is 344 g/mol. The molecule has 27 heavy (non-hydrogen) atoms. The molecule has 136 valence electrons. The van der Waals surface area contributed by atoms with E-state index in [0.717, 1.165) is 0 Å². The molecule has 2 aromatic rings. The van der Waals surface area contributed by atoms with E-state index in [1.807, 2.05) is 6.07 Å². The second-order valence-electron chi connectivity index (χ2n) is 5.99. The van der Waals surface area contributed by atoms with Crippen LogP contribution in [0.25, 0.3) is 0 Å². The van der Waals surface area contributed by atoms with Crippen LogP contribution < -0.4 is 20.7 Å². The zero-order valence-electron chi connectivity index (χ0n) is 14.9. The Morgan fingerprint density at radius 3 is 2.41 bits per heavy atom. The standard InChI is InChI=1S/C20H18N4O3/c1-12-17(19(25)23-15-7-9-16(27-2)10-8-15)18(24-20(26)22-12)14-5-3-13(11-21)4-6-14/h3-10,18H,1-2H3,(H,23,25)(H2,22,24,26)/t18-/m0/s1. The molecule has 0 spiro atoms. The quantitative estimate of drug-likeness (QED) is 0.778. The van der Waals surface area contributed by atoms with Crippen molar-refractivity contribution in [1.82, 2.24) is 10.6 Å². The lowest BCUT2D eigenvalue weighted by Crippen LogP contribution is -2.45. The lowest BCUT2D eigenvalue weighted by molar-refractivity contribution is -0.113. The molecule has 3 N–H and O–H groups in total. The number of urea groups is 1. The first kappa shape index (κ1) is 18.0. The molecule has 0 unspecified atom stereocenters. The zero-order chi connectivity index (χ0) is 19.4. The van der Waals surface area contributed by atoms with Gasteiger partial charge in [-0.2, -0.15) is 5.26 Å². The number of carbonyl (C=O) groups is 2. The number of anilines is 1. The molecule has 3 rings (SSSR count). The van der Waals surface area contributed by atoms with Gasteiger partial charge in [-0.3, -0.25) is 4.79 Å². The molecule has 0 aliphatic carbocycles. The van der Waals surface area contributed by atoms with E-state index in [0.29, 0.717) is 33.8 Å². The Labute approximate surface area is 156 Å². The lowest BCUT2D eigenvalue weighted by Gasteiger charge is -2.28. The molecule has 2 aromatic carbocycles. The highest BCUT2D eigenvalue weighted by Gasteiger charge is 2.31. The molecule has 1 aliphatic rings. The van der Waals surface area contributed by atoms with Crippen molar-refractivity contribution in [3.05, 3.63) is 70.9 Å². The number of nitriles is 1. The molecule has 7 nitrogen and oxygen atoms in total. The smallest absolute Gasteiger partial charge is 0.319 e. The summed E-state index contributed by atoms with van der Waals surface area (Å²) in [5, 5.41) is 17.2. The second-order valence-corrected chi connectivity index (χ2v) is 5.99. The Balaban J connectivity index is 1.90. The average molecular weight is 362 g/mol. The van der Waals surface area contributed by atoms with E-state index in [2.05, 4.69) is 16.0 Å². The number of methoxy groups -OCH3 is 1. The third kappa shape index (κ3) is 3.90. The van der Waals surface area contributed by atoms with Crippen LogP contribution in [-0.2, 0) is 4.79 Å². The maximum Gasteiger partial charge on any atom is 0.319 e. The lowest BCUT2D eigenvalue weighted by atomic mass is 9.94. The van der Waals surface area contributed by atoms with E-state index >= 15 is 0 Å². The molecule has 0 aromatic heterocycles. The van der Waals surface area contributed by atoms with Gasteiger partial charge in [0.1, 0.15) is 5.75 Å². The van der Waals surface area contributed by atoms with Crippen molar-refractivity contribution in [2.45, 2.75) is 13.0 Å². The number of nitrogens with zero attached hydrogens (tertiary/aromatic N) is 1. The predicted octanol–water partition coefficient (Wildman–Crippen LogP) is 2.83. The van der Waals surface area contributed by atoms with E-state index in [-0.39, 0.29) is 11.9 Å².